The minimum Gasteiger partial charge on any atom is -0.0581 e. The molecule has 2 rings (SSSR count). The van der Waals surface area contributed by atoms with Gasteiger partial charge in [0.2, 0.25) is 0 Å². The van der Waals surface area contributed by atoms with E-state index in [1.807, 2.05) is 0 Å². The van der Waals surface area contributed by atoms with Crippen LogP contribution in [0.4, 0.5) is 0 Å². The monoisotopic (exact) mass is 589 g/mol. The van der Waals surface area contributed by atoms with Crippen molar-refractivity contribution in [2.45, 2.75) is 203 Å². The largest absolute Gasteiger partial charge is 0.0581 e. The van der Waals surface area contributed by atoms with Gasteiger partial charge in [0.05, 0.1) is 0 Å². The van der Waals surface area contributed by atoms with Gasteiger partial charge in [0.1, 0.15) is 0 Å². The van der Waals surface area contributed by atoms with Crippen LogP contribution in [-0.4, -0.2) is 0 Å². The van der Waals surface area contributed by atoms with Gasteiger partial charge in [-0.3, -0.25) is 0 Å². The molecule has 1 unspecified atom stereocenters. The van der Waals surface area contributed by atoms with Gasteiger partial charge in [-0.05, 0) is 100 Å². The molecule has 0 aliphatic heterocycles. The summed E-state index contributed by atoms with van der Waals surface area (Å²) in [5.74, 6) is 0.371. The quantitative estimate of drug-likeness (QED) is 0.334. The fourth-order valence-corrected chi connectivity index (χ4v) is 7.20. The molecule has 0 fully saturated rings. The first-order valence-corrected chi connectivity index (χ1v) is 17.1. The van der Waals surface area contributed by atoms with Crippen LogP contribution in [0.5, 0.6) is 0 Å². The smallest absolute Gasteiger partial charge is 0.0126 e. The van der Waals surface area contributed by atoms with Crippen LogP contribution >= 0.6 is 0 Å². The second kappa shape index (κ2) is 11.4. The first-order chi connectivity index (χ1) is 18.7. The van der Waals surface area contributed by atoms with Crippen molar-refractivity contribution in [2.24, 2.45) is 0 Å². The molecule has 0 spiro atoms. The van der Waals surface area contributed by atoms with E-state index in [1.54, 1.807) is 22.3 Å². The molecule has 244 valence electrons. The molecule has 43 heavy (non-hydrogen) atoms. The van der Waals surface area contributed by atoms with Gasteiger partial charge >= 0.3 is 0 Å². The SMILES string of the molecule is CC(Cc1cc(C(C)(C)C)cc(C(C)(C)C)c1C(C)(C)C)c1c(C(C)(C)C)c(C(C)(C)C)cc(C(C)(C)C)c1C(C)(C)C. The average molecular weight is 589 g/mol. The standard InChI is InChI=1S/C43H72/c1-27(23-28-24-29(37(2,3)4)25-30(38(5,6)7)34(28)41(14,15)16)33-35(42(17,18)19)31(39(8,9)10)26-32(40(11,12)13)36(33)43(20,21)22/h24-27H,23H2,1-22H3. The van der Waals surface area contributed by atoms with Gasteiger partial charge in [-0.15, -0.1) is 0 Å². The Morgan fingerprint density at radius 2 is 0.721 bits per heavy atom. The summed E-state index contributed by atoms with van der Waals surface area (Å²) >= 11 is 0. The Kier molecular flexibility index (Phi) is 9.93. The fourth-order valence-electron chi connectivity index (χ4n) is 7.20. The van der Waals surface area contributed by atoms with Crippen molar-refractivity contribution in [1.29, 1.82) is 0 Å². The normalized spacial score (nSPS) is 15.2. The maximum absolute atomic E-state index is 2.61. The lowest BCUT2D eigenvalue weighted by molar-refractivity contribution is 0.481. The fraction of sp³-hybridized carbons (Fsp3) is 0.721. The summed E-state index contributed by atoms with van der Waals surface area (Å²) in [6, 6.07) is 7.72. The molecule has 0 N–H and O–H groups in total. The van der Waals surface area contributed by atoms with Crippen LogP contribution in [0, 0.1) is 0 Å². The minimum absolute atomic E-state index is 0.0271. The predicted molar refractivity (Wildman–Crippen MR) is 196 cm³/mol. The highest BCUT2D eigenvalue weighted by Crippen LogP contribution is 2.49. The van der Waals surface area contributed by atoms with E-state index in [2.05, 4.69) is 171 Å². The molecule has 0 heterocycles. The molecule has 0 aliphatic rings. The lowest BCUT2D eigenvalue weighted by Gasteiger charge is -2.42. The van der Waals surface area contributed by atoms with Gasteiger partial charge < -0.3 is 0 Å². The Balaban J connectivity index is 3.23. The summed E-state index contributed by atoms with van der Waals surface area (Å²) in [6.07, 6.45) is 1.04. The second-order valence-electron chi connectivity index (χ2n) is 21.0. The molecule has 0 saturated carbocycles. The Morgan fingerprint density at radius 3 is 1.00 bits per heavy atom. The third kappa shape index (κ3) is 8.38. The molecular formula is C43H72. The summed E-state index contributed by atoms with van der Waals surface area (Å²) in [6.45, 7) is 53.2. The van der Waals surface area contributed by atoms with E-state index < -0.39 is 0 Å². The van der Waals surface area contributed by atoms with Crippen LogP contribution in [0.3, 0.4) is 0 Å². The van der Waals surface area contributed by atoms with Crippen molar-refractivity contribution in [1.82, 2.24) is 0 Å². The van der Waals surface area contributed by atoms with E-state index in [-0.39, 0.29) is 37.9 Å². The molecular weight excluding hydrogens is 516 g/mol. The third-order valence-corrected chi connectivity index (χ3v) is 9.15. The number of hydrogen-bond donors (Lipinski definition) is 0. The lowest BCUT2D eigenvalue weighted by atomic mass is 9.62. The molecule has 0 aromatic heterocycles. The van der Waals surface area contributed by atoms with Crippen molar-refractivity contribution >= 4 is 0 Å². The van der Waals surface area contributed by atoms with Crippen molar-refractivity contribution in [2.75, 3.05) is 0 Å². The van der Waals surface area contributed by atoms with Crippen LogP contribution in [0.15, 0.2) is 18.2 Å². The topological polar surface area (TPSA) is 0 Å². The number of rotatable bonds is 3. The highest BCUT2D eigenvalue weighted by Gasteiger charge is 2.39. The lowest BCUT2D eigenvalue weighted by Crippen LogP contribution is -2.33. The van der Waals surface area contributed by atoms with Crippen molar-refractivity contribution in [3.05, 3.63) is 68.3 Å². The number of benzene rings is 2. The zero-order valence-corrected chi connectivity index (χ0v) is 33.0. The molecule has 0 aliphatic carbocycles. The zero-order valence-electron chi connectivity index (χ0n) is 33.0. The average Bonchev–Trinajstić information content (AvgIpc) is 2.72. The van der Waals surface area contributed by atoms with Gasteiger partial charge in [0, 0.05) is 0 Å². The van der Waals surface area contributed by atoms with E-state index in [0.717, 1.165) is 6.42 Å². The van der Waals surface area contributed by atoms with E-state index in [0.29, 0.717) is 5.92 Å². The van der Waals surface area contributed by atoms with Gasteiger partial charge in [0.25, 0.3) is 0 Å². The van der Waals surface area contributed by atoms with Gasteiger partial charge in [0.15, 0.2) is 0 Å². The Labute approximate surface area is 270 Å². The van der Waals surface area contributed by atoms with E-state index in [4.69, 9.17) is 0 Å². The molecule has 0 nitrogen and oxygen atoms in total. The summed E-state index contributed by atoms with van der Waals surface area (Å²) in [5.41, 5.74) is 14.2. The summed E-state index contributed by atoms with van der Waals surface area (Å²) in [5, 5.41) is 0. The maximum atomic E-state index is 2.61. The molecule has 2 aromatic carbocycles. The molecule has 0 radical (unpaired) electrons. The Morgan fingerprint density at radius 1 is 0.395 bits per heavy atom. The van der Waals surface area contributed by atoms with Crippen LogP contribution in [0.2, 0.25) is 0 Å². The molecule has 2 aromatic rings. The molecule has 0 heteroatoms. The van der Waals surface area contributed by atoms with Crippen LogP contribution in [-0.2, 0) is 44.3 Å². The van der Waals surface area contributed by atoms with E-state index >= 15 is 0 Å². The van der Waals surface area contributed by atoms with Crippen molar-refractivity contribution in [3.8, 4) is 0 Å². The van der Waals surface area contributed by atoms with Crippen LogP contribution < -0.4 is 0 Å². The minimum atomic E-state index is 0.0271. The van der Waals surface area contributed by atoms with Crippen LogP contribution in [0.25, 0.3) is 0 Å². The highest BCUT2D eigenvalue weighted by molar-refractivity contribution is 5.58. The molecule has 1 atom stereocenters. The molecule has 0 bridgehead atoms. The summed E-state index contributed by atoms with van der Waals surface area (Å²) < 4.78 is 0. The van der Waals surface area contributed by atoms with Gasteiger partial charge in [-0.25, -0.2) is 0 Å². The second-order valence-corrected chi connectivity index (χ2v) is 21.0. The zero-order chi connectivity index (χ0) is 34.1. The summed E-state index contributed by atoms with van der Waals surface area (Å²) in [4.78, 5) is 0. The van der Waals surface area contributed by atoms with Crippen molar-refractivity contribution in [3.63, 3.8) is 0 Å². The van der Waals surface area contributed by atoms with E-state index in [1.165, 1.54) is 27.8 Å². The molecule has 0 amide bonds. The summed E-state index contributed by atoms with van der Waals surface area (Å²) in [7, 11) is 0. The Bertz CT molecular complexity index is 1240. The van der Waals surface area contributed by atoms with Crippen LogP contribution in [0.1, 0.15) is 208 Å². The predicted octanol–water partition coefficient (Wildman–Crippen LogP) is 13.1. The van der Waals surface area contributed by atoms with Gasteiger partial charge in [-0.1, -0.05) is 171 Å². The first-order valence-electron chi connectivity index (χ1n) is 17.1. The maximum Gasteiger partial charge on any atom is -0.0126 e. The third-order valence-electron chi connectivity index (χ3n) is 9.15. The highest BCUT2D eigenvalue weighted by atomic mass is 14.4. The number of hydrogen-bond acceptors (Lipinski definition) is 0. The Hall–Kier alpha value is -1.56. The molecule has 0 saturated heterocycles. The van der Waals surface area contributed by atoms with E-state index in [9.17, 15) is 0 Å². The van der Waals surface area contributed by atoms with Gasteiger partial charge in [-0.2, -0.15) is 0 Å². The first kappa shape index (κ1) is 37.6. The van der Waals surface area contributed by atoms with Crippen molar-refractivity contribution < 1.29 is 0 Å².